The molecule has 0 saturated carbocycles. The van der Waals surface area contributed by atoms with E-state index in [1.165, 1.54) is 30.3 Å². The number of amides is 1. The van der Waals surface area contributed by atoms with Gasteiger partial charge in [0.25, 0.3) is 11.6 Å². The molecule has 0 radical (unpaired) electrons. The van der Waals surface area contributed by atoms with Gasteiger partial charge in [-0.25, -0.2) is 0 Å². The number of nitrogens with one attached hydrogen (secondary N) is 1. The Kier molecular flexibility index (Phi) is 7.45. The van der Waals surface area contributed by atoms with E-state index >= 15 is 0 Å². The third kappa shape index (κ3) is 6.08. The first-order chi connectivity index (χ1) is 15.4. The van der Waals surface area contributed by atoms with E-state index in [0.29, 0.717) is 21.4 Å². The first-order valence-electron chi connectivity index (χ1n) is 9.20. The summed E-state index contributed by atoms with van der Waals surface area (Å²) in [6.07, 6.45) is 1.36. The van der Waals surface area contributed by atoms with Gasteiger partial charge in [-0.05, 0) is 47.5 Å². The number of halogens is 2. The highest BCUT2D eigenvalue weighted by Gasteiger charge is 2.13. The summed E-state index contributed by atoms with van der Waals surface area (Å²) < 4.78 is 5.71. The Morgan fingerprint density at radius 2 is 1.91 bits per heavy atom. The Morgan fingerprint density at radius 1 is 1.12 bits per heavy atom. The van der Waals surface area contributed by atoms with E-state index in [1.807, 2.05) is 18.2 Å². The molecule has 0 atom stereocenters. The van der Waals surface area contributed by atoms with E-state index < -0.39 is 10.8 Å². The molecule has 0 fully saturated rings. The molecular formula is C23H15Cl2N3O4. The Bertz CT molecular complexity index is 1250. The molecule has 3 aromatic carbocycles. The average Bonchev–Trinajstić information content (AvgIpc) is 2.77. The zero-order chi connectivity index (χ0) is 23.1. The summed E-state index contributed by atoms with van der Waals surface area (Å²) in [6.45, 7) is 0.268. The Labute approximate surface area is 193 Å². The second-order valence-corrected chi connectivity index (χ2v) is 7.38. The van der Waals surface area contributed by atoms with Gasteiger partial charge in [-0.15, -0.1) is 0 Å². The molecular weight excluding hydrogens is 453 g/mol. The molecule has 3 rings (SSSR count). The zero-order valence-electron chi connectivity index (χ0n) is 16.4. The highest BCUT2D eigenvalue weighted by Crippen LogP contribution is 2.28. The predicted octanol–water partition coefficient (Wildman–Crippen LogP) is 6.03. The van der Waals surface area contributed by atoms with Crippen LogP contribution in [0.4, 0.5) is 11.4 Å². The number of nitro benzene ring substituents is 1. The molecule has 1 amide bonds. The maximum atomic E-state index is 12.4. The lowest BCUT2D eigenvalue weighted by molar-refractivity contribution is -0.384. The van der Waals surface area contributed by atoms with Crippen molar-refractivity contribution in [2.24, 2.45) is 0 Å². The monoisotopic (exact) mass is 467 g/mol. The first-order valence-corrected chi connectivity index (χ1v) is 9.95. The molecule has 160 valence electrons. The van der Waals surface area contributed by atoms with Crippen molar-refractivity contribution in [3.8, 4) is 11.8 Å². The van der Waals surface area contributed by atoms with E-state index in [1.54, 1.807) is 30.3 Å². The summed E-state index contributed by atoms with van der Waals surface area (Å²) in [5.74, 6) is -0.270. The van der Waals surface area contributed by atoms with Crippen molar-refractivity contribution in [2.45, 2.75) is 6.61 Å². The number of hydrogen-bond acceptors (Lipinski definition) is 5. The largest absolute Gasteiger partial charge is 0.487 e. The van der Waals surface area contributed by atoms with Crippen LogP contribution in [0.15, 0.2) is 72.3 Å². The Morgan fingerprint density at radius 3 is 2.59 bits per heavy atom. The average molecular weight is 468 g/mol. The molecule has 0 saturated heterocycles. The van der Waals surface area contributed by atoms with Crippen molar-refractivity contribution in [1.29, 1.82) is 5.26 Å². The molecule has 0 aliphatic rings. The summed E-state index contributed by atoms with van der Waals surface area (Å²) in [5.41, 5.74) is 1.22. The molecule has 3 aromatic rings. The van der Waals surface area contributed by atoms with Crippen LogP contribution in [0.1, 0.15) is 11.1 Å². The van der Waals surface area contributed by atoms with E-state index in [9.17, 15) is 20.2 Å². The van der Waals surface area contributed by atoms with E-state index in [4.69, 9.17) is 27.9 Å². The summed E-state index contributed by atoms with van der Waals surface area (Å²) >= 11 is 12.2. The van der Waals surface area contributed by atoms with Crippen LogP contribution in [0.5, 0.6) is 5.75 Å². The van der Waals surface area contributed by atoms with Gasteiger partial charge >= 0.3 is 0 Å². The summed E-state index contributed by atoms with van der Waals surface area (Å²) in [6, 6.07) is 19.3. The molecule has 0 aliphatic heterocycles. The standard InChI is InChI=1S/C23H15Cl2N3O4/c24-18-4-1-3-16(10-18)14-32-22-8-7-15(11-21(22)25)9-17(13-26)23(29)27-19-5-2-6-20(12-19)28(30)31/h1-12H,14H2,(H,27,29)/b17-9+. The highest BCUT2D eigenvalue weighted by molar-refractivity contribution is 6.32. The predicted molar refractivity (Wildman–Crippen MR) is 123 cm³/mol. The van der Waals surface area contributed by atoms with Crippen molar-refractivity contribution in [3.05, 3.63) is 104 Å². The number of nitriles is 1. The molecule has 0 unspecified atom stereocenters. The SMILES string of the molecule is N#C/C(=C\c1ccc(OCc2cccc(Cl)c2)c(Cl)c1)C(=O)Nc1cccc([N+](=O)[O-])c1. The van der Waals surface area contributed by atoms with Gasteiger partial charge in [0.15, 0.2) is 0 Å². The number of benzene rings is 3. The van der Waals surface area contributed by atoms with Gasteiger partial charge in [-0.1, -0.05) is 47.5 Å². The van der Waals surface area contributed by atoms with Crippen LogP contribution in [-0.4, -0.2) is 10.8 Å². The highest BCUT2D eigenvalue weighted by atomic mass is 35.5. The first kappa shape index (κ1) is 22.8. The van der Waals surface area contributed by atoms with Crippen LogP contribution < -0.4 is 10.1 Å². The number of non-ortho nitro benzene ring substituents is 1. The molecule has 0 bridgehead atoms. The molecule has 7 nitrogen and oxygen atoms in total. The van der Waals surface area contributed by atoms with Crippen molar-refractivity contribution >= 4 is 46.6 Å². The van der Waals surface area contributed by atoms with Gasteiger partial charge in [-0.2, -0.15) is 5.26 Å². The third-order valence-electron chi connectivity index (χ3n) is 4.23. The molecule has 32 heavy (non-hydrogen) atoms. The maximum absolute atomic E-state index is 12.4. The minimum Gasteiger partial charge on any atom is -0.487 e. The number of carbonyl (C=O) groups is 1. The Hall–Kier alpha value is -3.86. The number of ether oxygens (including phenoxy) is 1. The number of nitro groups is 1. The zero-order valence-corrected chi connectivity index (χ0v) is 17.9. The molecule has 0 spiro atoms. The maximum Gasteiger partial charge on any atom is 0.271 e. The van der Waals surface area contributed by atoms with Gasteiger partial charge < -0.3 is 10.1 Å². The fourth-order valence-electron chi connectivity index (χ4n) is 2.72. The van der Waals surface area contributed by atoms with E-state index in [2.05, 4.69) is 5.32 Å². The summed E-state index contributed by atoms with van der Waals surface area (Å²) in [7, 11) is 0. The lowest BCUT2D eigenvalue weighted by Crippen LogP contribution is -2.13. The van der Waals surface area contributed by atoms with Gasteiger partial charge in [0, 0.05) is 22.8 Å². The van der Waals surface area contributed by atoms with Crippen molar-refractivity contribution in [3.63, 3.8) is 0 Å². The molecule has 1 N–H and O–H groups in total. The van der Waals surface area contributed by atoms with Gasteiger partial charge in [0.2, 0.25) is 0 Å². The quantitative estimate of drug-likeness (QED) is 0.197. The fourth-order valence-corrected chi connectivity index (χ4v) is 3.18. The topological polar surface area (TPSA) is 105 Å². The summed E-state index contributed by atoms with van der Waals surface area (Å²) in [5, 5.41) is 23.6. The smallest absolute Gasteiger partial charge is 0.271 e. The Balaban J connectivity index is 1.72. The van der Waals surface area contributed by atoms with Crippen molar-refractivity contribution in [1.82, 2.24) is 0 Å². The number of hydrogen-bond donors (Lipinski definition) is 1. The molecule has 0 aliphatic carbocycles. The number of rotatable bonds is 7. The van der Waals surface area contributed by atoms with Crippen LogP contribution in [0, 0.1) is 21.4 Å². The van der Waals surface area contributed by atoms with Crippen LogP contribution >= 0.6 is 23.2 Å². The van der Waals surface area contributed by atoms with Crippen molar-refractivity contribution in [2.75, 3.05) is 5.32 Å². The van der Waals surface area contributed by atoms with E-state index in [-0.39, 0.29) is 23.6 Å². The fraction of sp³-hybridized carbons (Fsp3) is 0.0435. The number of nitrogens with zero attached hydrogens (tertiary/aromatic N) is 2. The minimum atomic E-state index is -0.703. The van der Waals surface area contributed by atoms with Crippen LogP contribution in [0.25, 0.3) is 6.08 Å². The third-order valence-corrected chi connectivity index (χ3v) is 4.76. The molecule has 9 heteroatoms. The number of carbonyl (C=O) groups excluding carboxylic acids is 1. The molecule has 0 heterocycles. The summed E-state index contributed by atoms with van der Waals surface area (Å²) in [4.78, 5) is 22.7. The van der Waals surface area contributed by atoms with Crippen LogP contribution in [0.3, 0.4) is 0 Å². The second-order valence-electron chi connectivity index (χ2n) is 6.54. The lowest BCUT2D eigenvalue weighted by atomic mass is 10.1. The lowest BCUT2D eigenvalue weighted by Gasteiger charge is -2.09. The number of anilines is 1. The van der Waals surface area contributed by atoms with Crippen LogP contribution in [0.2, 0.25) is 10.0 Å². The molecule has 0 aromatic heterocycles. The van der Waals surface area contributed by atoms with Crippen LogP contribution in [-0.2, 0) is 11.4 Å². The van der Waals surface area contributed by atoms with Gasteiger partial charge in [0.05, 0.1) is 9.95 Å². The second kappa shape index (κ2) is 10.4. The van der Waals surface area contributed by atoms with Gasteiger partial charge in [-0.3, -0.25) is 14.9 Å². The van der Waals surface area contributed by atoms with Gasteiger partial charge in [0.1, 0.15) is 24.0 Å². The van der Waals surface area contributed by atoms with E-state index in [0.717, 1.165) is 5.56 Å². The normalized spacial score (nSPS) is 10.8. The minimum absolute atomic E-state index is 0.176. The van der Waals surface area contributed by atoms with Crippen molar-refractivity contribution < 1.29 is 14.5 Å².